The van der Waals surface area contributed by atoms with E-state index in [1.165, 1.54) is 0 Å². The zero-order valence-corrected chi connectivity index (χ0v) is 10.1. The smallest absolute Gasteiger partial charge is 0.125 e. The van der Waals surface area contributed by atoms with E-state index in [1.54, 1.807) is 30.5 Å². The third-order valence-corrected chi connectivity index (χ3v) is 2.47. The minimum atomic E-state index is 0.461. The lowest BCUT2D eigenvalue weighted by molar-refractivity contribution is 0.306. The van der Waals surface area contributed by atoms with Gasteiger partial charge in [-0.15, -0.1) is 0 Å². The van der Waals surface area contributed by atoms with Gasteiger partial charge in [-0.25, -0.2) is 4.98 Å². The molecule has 0 radical (unpaired) electrons. The Hall–Kier alpha value is -2.54. The van der Waals surface area contributed by atoms with Crippen molar-refractivity contribution < 1.29 is 4.74 Å². The van der Waals surface area contributed by atoms with Crippen molar-refractivity contribution in [3.05, 3.63) is 53.7 Å². The number of nitrogens with one attached hydrogen (secondary N) is 1. The van der Waals surface area contributed by atoms with Gasteiger partial charge in [0.25, 0.3) is 0 Å². The Morgan fingerprint density at radius 2 is 2.00 bits per heavy atom. The fourth-order valence-electron chi connectivity index (χ4n) is 1.45. The van der Waals surface area contributed by atoms with Crippen molar-refractivity contribution in [2.24, 2.45) is 0 Å². The monoisotopic (exact) mass is 239 g/mol. The normalized spacial score (nSPS) is 9.56. The van der Waals surface area contributed by atoms with Gasteiger partial charge in [0.1, 0.15) is 18.2 Å². The van der Waals surface area contributed by atoms with E-state index in [1.807, 2.05) is 19.2 Å². The summed E-state index contributed by atoms with van der Waals surface area (Å²) in [5.41, 5.74) is 1.63. The predicted octanol–water partition coefficient (Wildman–Crippen LogP) is 2.57. The summed E-state index contributed by atoms with van der Waals surface area (Å²) in [5, 5.41) is 11.6. The van der Waals surface area contributed by atoms with Gasteiger partial charge < -0.3 is 10.1 Å². The maximum absolute atomic E-state index is 8.68. The second-order valence-corrected chi connectivity index (χ2v) is 3.73. The molecule has 1 heterocycles. The standard InChI is InChI=1S/C14H13N3O/c1-16-14-7-4-12(9-17-14)10-18-13-5-2-11(8-15)3-6-13/h2-7,9H,10H2,1H3,(H,16,17). The first-order valence-electron chi connectivity index (χ1n) is 5.57. The molecule has 1 aromatic carbocycles. The minimum Gasteiger partial charge on any atom is -0.489 e. The second kappa shape index (κ2) is 5.69. The number of pyridine rings is 1. The first-order chi connectivity index (χ1) is 8.81. The van der Waals surface area contributed by atoms with Gasteiger partial charge in [-0.05, 0) is 30.3 Å². The first kappa shape index (κ1) is 11.9. The maximum atomic E-state index is 8.68. The lowest BCUT2D eigenvalue weighted by atomic mass is 10.2. The highest BCUT2D eigenvalue weighted by Gasteiger charge is 1.97. The van der Waals surface area contributed by atoms with Crippen molar-refractivity contribution in [1.29, 1.82) is 5.26 Å². The Morgan fingerprint density at radius 1 is 1.22 bits per heavy atom. The van der Waals surface area contributed by atoms with Crippen LogP contribution in [0.1, 0.15) is 11.1 Å². The molecule has 90 valence electrons. The van der Waals surface area contributed by atoms with E-state index in [-0.39, 0.29) is 0 Å². The van der Waals surface area contributed by atoms with Crippen LogP contribution in [0.15, 0.2) is 42.6 Å². The van der Waals surface area contributed by atoms with Crippen LogP contribution in [0.4, 0.5) is 5.82 Å². The van der Waals surface area contributed by atoms with Gasteiger partial charge in [0.05, 0.1) is 11.6 Å². The fourth-order valence-corrected chi connectivity index (χ4v) is 1.45. The van der Waals surface area contributed by atoms with Gasteiger partial charge in [0.15, 0.2) is 0 Å². The molecule has 0 saturated heterocycles. The highest BCUT2D eigenvalue weighted by molar-refractivity contribution is 5.36. The van der Waals surface area contributed by atoms with Gasteiger partial charge >= 0.3 is 0 Å². The average Bonchev–Trinajstić information content (AvgIpc) is 2.46. The van der Waals surface area contributed by atoms with Crippen molar-refractivity contribution in [1.82, 2.24) is 4.98 Å². The van der Waals surface area contributed by atoms with Gasteiger partial charge in [0.2, 0.25) is 0 Å². The van der Waals surface area contributed by atoms with E-state index >= 15 is 0 Å². The number of hydrogen-bond donors (Lipinski definition) is 1. The van der Waals surface area contributed by atoms with Crippen molar-refractivity contribution in [3.8, 4) is 11.8 Å². The van der Waals surface area contributed by atoms with Gasteiger partial charge in [0, 0.05) is 18.8 Å². The molecule has 0 aliphatic rings. The summed E-state index contributed by atoms with van der Waals surface area (Å²) in [5.74, 6) is 1.57. The van der Waals surface area contributed by atoms with Crippen molar-refractivity contribution in [3.63, 3.8) is 0 Å². The molecule has 18 heavy (non-hydrogen) atoms. The third kappa shape index (κ3) is 2.98. The predicted molar refractivity (Wildman–Crippen MR) is 69.3 cm³/mol. The van der Waals surface area contributed by atoms with Crippen molar-refractivity contribution in [2.45, 2.75) is 6.61 Å². The van der Waals surface area contributed by atoms with E-state index in [0.717, 1.165) is 17.1 Å². The van der Waals surface area contributed by atoms with Crippen LogP contribution in [-0.4, -0.2) is 12.0 Å². The van der Waals surface area contributed by atoms with E-state index in [9.17, 15) is 0 Å². The lowest BCUT2D eigenvalue weighted by Crippen LogP contribution is -1.98. The Morgan fingerprint density at radius 3 is 2.56 bits per heavy atom. The molecule has 0 atom stereocenters. The molecule has 0 fully saturated rings. The summed E-state index contributed by atoms with van der Waals surface area (Å²) < 4.78 is 5.60. The van der Waals surface area contributed by atoms with Crippen LogP contribution < -0.4 is 10.1 Å². The molecule has 0 aliphatic heterocycles. The molecule has 2 aromatic rings. The topological polar surface area (TPSA) is 57.9 Å². The highest BCUT2D eigenvalue weighted by Crippen LogP contribution is 2.14. The van der Waals surface area contributed by atoms with E-state index in [2.05, 4.69) is 16.4 Å². The van der Waals surface area contributed by atoms with Crippen LogP contribution in [-0.2, 0) is 6.61 Å². The SMILES string of the molecule is CNc1ccc(COc2ccc(C#N)cc2)cn1. The number of benzene rings is 1. The first-order valence-corrected chi connectivity index (χ1v) is 5.57. The molecule has 0 amide bonds. The Labute approximate surface area is 106 Å². The Bertz CT molecular complexity index is 541. The van der Waals surface area contributed by atoms with E-state index in [4.69, 9.17) is 10.00 Å². The molecular formula is C14H13N3O. The molecule has 0 aliphatic carbocycles. The molecule has 2 rings (SSSR count). The van der Waals surface area contributed by atoms with E-state index < -0.39 is 0 Å². The van der Waals surface area contributed by atoms with Crippen LogP contribution in [0.5, 0.6) is 5.75 Å². The van der Waals surface area contributed by atoms with Crippen molar-refractivity contribution in [2.75, 3.05) is 12.4 Å². The molecule has 0 bridgehead atoms. The molecule has 1 aromatic heterocycles. The number of hydrogen-bond acceptors (Lipinski definition) is 4. The lowest BCUT2D eigenvalue weighted by Gasteiger charge is -2.06. The minimum absolute atomic E-state index is 0.461. The number of ether oxygens (including phenoxy) is 1. The van der Waals surface area contributed by atoms with E-state index in [0.29, 0.717) is 12.2 Å². The molecule has 0 unspecified atom stereocenters. The number of anilines is 1. The maximum Gasteiger partial charge on any atom is 0.125 e. The molecule has 4 heteroatoms. The second-order valence-electron chi connectivity index (χ2n) is 3.73. The molecule has 0 spiro atoms. The summed E-state index contributed by atoms with van der Waals surface area (Å²) in [6.45, 7) is 0.461. The summed E-state index contributed by atoms with van der Waals surface area (Å²) in [7, 11) is 1.83. The average molecular weight is 239 g/mol. The zero-order chi connectivity index (χ0) is 12.8. The van der Waals surface area contributed by atoms with Gasteiger partial charge in [-0.2, -0.15) is 5.26 Å². The molecule has 0 saturated carbocycles. The molecule has 1 N–H and O–H groups in total. The summed E-state index contributed by atoms with van der Waals surface area (Å²) >= 11 is 0. The number of nitriles is 1. The largest absolute Gasteiger partial charge is 0.489 e. The van der Waals surface area contributed by atoms with Crippen LogP contribution in [0, 0.1) is 11.3 Å². The van der Waals surface area contributed by atoms with Crippen LogP contribution in [0.25, 0.3) is 0 Å². The van der Waals surface area contributed by atoms with Gasteiger partial charge in [-0.1, -0.05) is 6.07 Å². The Kier molecular flexibility index (Phi) is 3.77. The molecule has 4 nitrogen and oxygen atoms in total. The van der Waals surface area contributed by atoms with Crippen LogP contribution in [0.2, 0.25) is 0 Å². The summed E-state index contributed by atoms with van der Waals surface area (Å²) in [6.07, 6.45) is 1.77. The summed E-state index contributed by atoms with van der Waals surface area (Å²) in [4.78, 5) is 4.20. The quantitative estimate of drug-likeness (QED) is 0.890. The number of aromatic nitrogens is 1. The highest BCUT2D eigenvalue weighted by atomic mass is 16.5. The number of rotatable bonds is 4. The van der Waals surface area contributed by atoms with Crippen molar-refractivity contribution >= 4 is 5.82 Å². The van der Waals surface area contributed by atoms with Crippen LogP contribution >= 0.6 is 0 Å². The molecular weight excluding hydrogens is 226 g/mol. The Balaban J connectivity index is 1.95. The summed E-state index contributed by atoms with van der Waals surface area (Å²) in [6, 6.07) is 13.0. The van der Waals surface area contributed by atoms with Crippen LogP contribution in [0.3, 0.4) is 0 Å². The number of nitrogens with zero attached hydrogens (tertiary/aromatic N) is 2. The third-order valence-electron chi connectivity index (χ3n) is 2.47. The van der Waals surface area contributed by atoms with Gasteiger partial charge in [-0.3, -0.25) is 0 Å². The fraction of sp³-hybridized carbons (Fsp3) is 0.143. The zero-order valence-electron chi connectivity index (χ0n) is 10.1.